The third-order valence-electron chi connectivity index (χ3n) is 7.33. The molecule has 2 aromatic rings. The van der Waals surface area contributed by atoms with Crippen molar-refractivity contribution in [1.29, 1.82) is 0 Å². The highest BCUT2D eigenvalue weighted by atomic mass is 32.2. The van der Waals surface area contributed by atoms with Crippen LogP contribution < -0.4 is 11.1 Å². The van der Waals surface area contributed by atoms with Gasteiger partial charge in [-0.3, -0.25) is 18.9 Å². The molecule has 4 rings (SSSR count). The maximum atomic E-state index is 14.1. The van der Waals surface area contributed by atoms with Gasteiger partial charge in [0, 0.05) is 19.5 Å². The molecule has 45 heavy (non-hydrogen) atoms. The maximum Gasteiger partial charge on any atom is 0.261 e. The van der Waals surface area contributed by atoms with Crippen LogP contribution in [0, 0.1) is 5.41 Å². The number of hydrogen-bond donors (Lipinski definition) is 3. The molecule has 246 valence electrons. The molecule has 2 aromatic carbocycles. The molecule has 0 aliphatic carbocycles. The molecule has 2 aliphatic rings. The van der Waals surface area contributed by atoms with E-state index in [1.54, 1.807) is 23.8 Å². The van der Waals surface area contributed by atoms with E-state index >= 15 is 0 Å². The van der Waals surface area contributed by atoms with E-state index in [4.69, 9.17) is 20.1 Å². The van der Waals surface area contributed by atoms with Crippen molar-refractivity contribution in [2.75, 3.05) is 26.0 Å². The lowest BCUT2D eigenvalue weighted by atomic mass is 9.73. The van der Waals surface area contributed by atoms with Gasteiger partial charge in [-0.1, -0.05) is 60.7 Å². The van der Waals surface area contributed by atoms with Gasteiger partial charge in [0.05, 0.1) is 36.3 Å². The van der Waals surface area contributed by atoms with Crippen LogP contribution in [0.15, 0.2) is 65.8 Å². The van der Waals surface area contributed by atoms with Crippen LogP contribution in [-0.4, -0.2) is 89.4 Å². The Morgan fingerprint density at radius 1 is 1.04 bits per heavy atom. The zero-order valence-electron chi connectivity index (χ0n) is 26.8. The Bertz CT molecular complexity index is 1480. The minimum Gasteiger partial charge on any atom is -0.374 e. The van der Waals surface area contributed by atoms with Gasteiger partial charge in [0.1, 0.15) is 11.5 Å². The van der Waals surface area contributed by atoms with Crippen molar-refractivity contribution in [1.82, 2.24) is 15.2 Å². The molecule has 0 radical (unpaired) electrons. The molecule has 13 heteroatoms. The second-order valence-electron chi connectivity index (χ2n) is 13.1. The van der Waals surface area contributed by atoms with Crippen molar-refractivity contribution in [3.8, 4) is 0 Å². The summed E-state index contributed by atoms with van der Waals surface area (Å²) in [6, 6.07) is 18.5. The Kier molecular flexibility index (Phi) is 11.3. The fraction of sp³-hybridized carbons (Fsp3) is 0.500. The van der Waals surface area contributed by atoms with E-state index < -0.39 is 38.6 Å². The molecule has 1 fully saturated rings. The number of benzene rings is 2. The lowest BCUT2D eigenvalue weighted by Gasteiger charge is -2.41. The Hall–Kier alpha value is -3.65. The summed E-state index contributed by atoms with van der Waals surface area (Å²) in [6.45, 7) is 9.86. The van der Waals surface area contributed by atoms with E-state index in [0.717, 1.165) is 16.8 Å². The molecule has 12 nitrogen and oxygen atoms in total. The summed E-state index contributed by atoms with van der Waals surface area (Å²) < 4.78 is 31.8. The van der Waals surface area contributed by atoms with Crippen LogP contribution in [0.3, 0.4) is 0 Å². The quantitative estimate of drug-likeness (QED) is 0.350. The average molecular weight is 644 g/mol. The van der Waals surface area contributed by atoms with Crippen LogP contribution in [-0.2, 0) is 42.3 Å². The summed E-state index contributed by atoms with van der Waals surface area (Å²) in [4.78, 5) is 42.6. The lowest BCUT2D eigenvalue weighted by molar-refractivity contribution is -0.146. The van der Waals surface area contributed by atoms with E-state index in [1.807, 2.05) is 81.4 Å². The van der Waals surface area contributed by atoms with Gasteiger partial charge >= 0.3 is 0 Å². The zero-order valence-corrected chi connectivity index (χ0v) is 27.6. The van der Waals surface area contributed by atoms with Gasteiger partial charge in [-0.2, -0.15) is 13.5 Å². The molecule has 2 aliphatic heterocycles. The highest BCUT2D eigenvalue weighted by Crippen LogP contribution is 2.41. The number of nitrogens with two attached hydrogens (primary N) is 1. The second kappa shape index (κ2) is 14.2. The predicted molar refractivity (Wildman–Crippen MR) is 172 cm³/mol. The molecule has 0 aromatic heterocycles. The zero-order chi connectivity index (χ0) is 33.6. The standard InChI is InChI=1S/C31H41N5O4.CH4O3S/c1-29(2,3)36-28(39)31(18-22-12-8-6-9-13-22)21-35(17-16-25(31)34-36)26(37)24(33-27(38)30(4,5)32)20-40-19-23-14-10-7-11-15-23;1-5(2,3)4/h6-15,24H,16-21,32H2,1-5H3,(H,33,38);1H3,(H,2,3,4)/t24-,31-;/m1./s1. The van der Waals surface area contributed by atoms with Gasteiger partial charge in [-0.25, -0.2) is 5.01 Å². The van der Waals surface area contributed by atoms with Crippen molar-refractivity contribution in [3.05, 3.63) is 71.8 Å². The first kappa shape index (κ1) is 35.8. The van der Waals surface area contributed by atoms with Gasteiger partial charge in [-0.15, -0.1) is 0 Å². The first-order valence-corrected chi connectivity index (χ1v) is 16.6. The number of hydrazone groups is 1. The maximum absolute atomic E-state index is 14.1. The fourth-order valence-corrected chi connectivity index (χ4v) is 5.11. The number of ether oxygens (including phenoxy) is 1. The van der Waals surface area contributed by atoms with Crippen molar-refractivity contribution in [2.45, 2.75) is 71.2 Å². The SMILES string of the molecule is CC(C)(N)C(=O)N[C@H](COCc1ccccc1)C(=O)N1CCC2=NN(C(C)(C)C)C(=O)[C@]2(Cc2ccccc2)C1.CS(=O)(=O)O. The minimum absolute atomic E-state index is 0.0270. The van der Waals surface area contributed by atoms with E-state index in [9.17, 15) is 22.8 Å². The minimum atomic E-state index is -3.67. The van der Waals surface area contributed by atoms with E-state index in [0.29, 0.717) is 32.2 Å². The monoisotopic (exact) mass is 643 g/mol. The number of likely N-dealkylation sites (tertiary alicyclic amines) is 1. The number of hydrogen-bond acceptors (Lipinski definition) is 8. The Balaban J connectivity index is 0.00000102. The highest BCUT2D eigenvalue weighted by Gasteiger charge is 2.56. The van der Waals surface area contributed by atoms with E-state index in [-0.39, 0.29) is 25.0 Å². The van der Waals surface area contributed by atoms with Crippen LogP contribution in [0.2, 0.25) is 0 Å². The van der Waals surface area contributed by atoms with Gasteiger partial charge in [0.15, 0.2) is 0 Å². The number of piperidine rings is 1. The number of carbonyl (C=O) groups excluding carboxylic acids is 3. The van der Waals surface area contributed by atoms with Gasteiger partial charge in [0.25, 0.3) is 16.0 Å². The van der Waals surface area contributed by atoms with Gasteiger partial charge < -0.3 is 20.7 Å². The molecule has 2 heterocycles. The van der Waals surface area contributed by atoms with Crippen molar-refractivity contribution in [2.24, 2.45) is 16.3 Å². The third kappa shape index (κ3) is 9.92. The molecular formula is C32H45N5O7S. The summed E-state index contributed by atoms with van der Waals surface area (Å²) in [6.07, 6.45) is 1.61. The third-order valence-corrected chi connectivity index (χ3v) is 7.33. The molecule has 2 atom stereocenters. The van der Waals surface area contributed by atoms with E-state index in [1.165, 1.54) is 0 Å². The lowest BCUT2D eigenvalue weighted by Crippen LogP contribution is -2.62. The molecule has 4 N–H and O–H groups in total. The summed E-state index contributed by atoms with van der Waals surface area (Å²) in [7, 11) is -3.67. The van der Waals surface area contributed by atoms with Gasteiger partial charge in [-0.05, 0) is 52.2 Å². The molecule has 0 unspecified atom stereocenters. The van der Waals surface area contributed by atoms with Gasteiger partial charge in [0.2, 0.25) is 11.8 Å². The molecule has 0 saturated carbocycles. The number of carbonyl (C=O) groups is 3. The average Bonchev–Trinajstić information content (AvgIpc) is 3.23. The number of amides is 3. The second-order valence-corrected chi connectivity index (χ2v) is 14.5. The molecular weight excluding hydrogens is 598 g/mol. The van der Waals surface area contributed by atoms with Crippen molar-refractivity contribution >= 4 is 33.6 Å². The van der Waals surface area contributed by atoms with Crippen molar-refractivity contribution in [3.63, 3.8) is 0 Å². The molecule has 3 amide bonds. The first-order valence-electron chi connectivity index (χ1n) is 14.7. The smallest absolute Gasteiger partial charge is 0.261 e. The summed E-state index contributed by atoms with van der Waals surface area (Å²) >= 11 is 0. The fourth-order valence-electron chi connectivity index (χ4n) is 5.11. The predicted octanol–water partition coefficient (Wildman–Crippen LogP) is 2.39. The molecule has 0 spiro atoms. The Morgan fingerprint density at radius 2 is 1.58 bits per heavy atom. The van der Waals surface area contributed by atoms with Crippen molar-refractivity contribution < 1.29 is 32.1 Å². The van der Waals surface area contributed by atoms with E-state index in [2.05, 4.69) is 5.32 Å². The molecule has 1 saturated heterocycles. The highest BCUT2D eigenvalue weighted by molar-refractivity contribution is 7.85. The number of nitrogens with zero attached hydrogens (tertiary/aromatic N) is 3. The van der Waals surface area contributed by atoms with Crippen LogP contribution in [0.25, 0.3) is 0 Å². The topological polar surface area (TPSA) is 172 Å². The number of rotatable bonds is 9. The Labute approximate surface area is 265 Å². The molecule has 0 bridgehead atoms. The van der Waals surface area contributed by atoms with Crippen LogP contribution in [0.1, 0.15) is 52.2 Å². The Morgan fingerprint density at radius 3 is 2.09 bits per heavy atom. The van der Waals surface area contributed by atoms with Crippen LogP contribution in [0.5, 0.6) is 0 Å². The number of nitrogens with one attached hydrogen (secondary N) is 1. The number of fused-ring (bicyclic) bond motifs is 1. The van der Waals surface area contributed by atoms with Crippen LogP contribution >= 0.6 is 0 Å². The van der Waals surface area contributed by atoms with Crippen LogP contribution in [0.4, 0.5) is 0 Å². The largest absolute Gasteiger partial charge is 0.374 e. The summed E-state index contributed by atoms with van der Waals surface area (Å²) in [5, 5.41) is 9.15. The summed E-state index contributed by atoms with van der Waals surface area (Å²) in [5.74, 6) is -0.872. The first-order chi connectivity index (χ1) is 20.8. The summed E-state index contributed by atoms with van der Waals surface area (Å²) in [5.41, 5.74) is 6.12. The normalized spacial score (nSPS) is 19.2.